The number of hydrogen-bond acceptors (Lipinski definition) is 4. The predicted molar refractivity (Wildman–Crippen MR) is 84.3 cm³/mol. The van der Waals surface area contributed by atoms with Crippen molar-refractivity contribution in [2.45, 2.75) is 31.8 Å². The molecule has 1 saturated heterocycles. The van der Waals surface area contributed by atoms with Crippen LogP contribution in [0.25, 0.3) is 0 Å². The van der Waals surface area contributed by atoms with Crippen LogP contribution in [0.4, 0.5) is 4.39 Å². The number of aromatic nitrogens is 1. The summed E-state index contributed by atoms with van der Waals surface area (Å²) < 4.78 is 13.0. The van der Waals surface area contributed by atoms with Gasteiger partial charge in [-0.25, -0.2) is 9.37 Å². The Bertz CT molecular complexity index is 670. The third-order valence-electron chi connectivity index (χ3n) is 4.12. The molecule has 0 aliphatic carbocycles. The Labute approximate surface area is 132 Å². The minimum atomic E-state index is -0.237. The smallest absolute Gasteiger partial charge is 0.273 e. The van der Waals surface area contributed by atoms with E-state index in [1.165, 1.54) is 23.5 Å². The molecule has 1 fully saturated rings. The normalized spacial score (nSPS) is 21.3. The van der Waals surface area contributed by atoms with Gasteiger partial charge in [0.1, 0.15) is 16.5 Å². The summed E-state index contributed by atoms with van der Waals surface area (Å²) in [6.45, 7) is 3.03. The minimum absolute atomic E-state index is 0.0481. The summed E-state index contributed by atoms with van der Waals surface area (Å²) in [4.78, 5) is 18.7. The molecule has 1 aromatic heterocycles. The van der Waals surface area contributed by atoms with Crippen molar-refractivity contribution in [1.82, 2.24) is 9.88 Å². The second-order valence-corrected chi connectivity index (χ2v) is 6.56. The Morgan fingerprint density at radius 1 is 1.45 bits per heavy atom. The lowest BCUT2D eigenvalue weighted by atomic mass is 9.97. The van der Waals surface area contributed by atoms with E-state index < -0.39 is 0 Å². The molecule has 1 aromatic carbocycles. The Morgan fingerprint density at radius 3 is 2.82 bits per heavy atom. The second-order valence-electron chi connectivity index (χ2n) is 5.62. The molecule has 0 spiro atoms. The number of rotatable bonds is 3. The van der Waals surface area contributed by atoms with E-state index in [0.717, 1.165) is 17.0 Å². The number of thiazole rings is 1. The van der Waals surface area contributed by atoms with Crippen LogP contribution in [0.15, 0.2) is 29.6 Å². The van der Waals surface area contributed by atoms with Gasteiger partial charge in [0, 0.05) is 30.4 Å². The SMILES string of the molecule is C[C@@H]1C[C@H](c2ccc(F)cc2)CN1C(=O)c1csc(CN)n1. The number of likely N-dealkylation sites (tertiary alicyclic amines) is 1. The number of hydrogen-bond donors (Lipinski definition) is 1. The van der Waals surface area contributed by atoms with Gasteiger partial charge in [0.2, 0.25) is 0 Å². The zero-order chi connectivity index (χ0) is 15.7. The van der Waals surface area contributed by atoms with E-state index in [1.54, 1.807) is 17.5 Å². The molecule has 2 N–H and O–H groups in total. The first kappa shape index (κ1) is 15.1. The fourth-order valence-electron chi connectivity index (χ4n) is 2.94. The van der Waals surface area contributed by atoms with Crippen molar-refractivity contribution in [2.75, 3.05) is 6.54 Å². The highest BCUT2D eigenvalue weighted by Gasteiger charge is 2.34. The van der Waals surface area contributed by atoms with Crippen LogP contribution in [0.1, 0.15) is 40.3 Å². The third-order valence-corrected chi connectivity index (χ3v) is 4.99. The summed E-state index contributed by atoms with van der Waals surface area (Å²) in [5.41, 5.74) is 7.09. The number of amides is 1. The van der Waals surface area contributed by atoms with E-state index in [2.05, 4.69) is 4.98 Å². The summed E-state index contributed by atoms with van der Waals surface area (Å²) in [6, 6.07) is 6.69. The van der Waals surface area contributed by atoms with Crippen LogP contribution in [0.5, 0.6) is 0 Å². The summed E-state index contributed by atoms with van der Waals surface area (Å²) >= 11 is 1.41. The van der Waals surface area contributed by atoms with Gasteiger partial charge >= 0.3 is 0 Å². The van der Waals surface area contributed by atoms with Gasteiger partial charge in [0.25, 0.3) is 5.91 Å². The number of benzene rings is 1. The molecular formula is C16H18FN3OS. The van der Waals surface area contributed by atoms with Crippen molar-refractivity contribution in [3.8, 4) is 0 Å². The molecule has 116 valence electrons. The number of halogens is 1. The molecule has 2 aromatic rings. The zero-order valence-electron chi connectivity index (χ0n) is 12.3. The Morgan fingerprint density at radius 2 is 2.18 bits per heavy atom. The van der Waals surface area contributed by atoms with Crippen LogP contribution in [-0.2, 0) is 6.54 Å². The predicted octanol–water partition coefficient (Wildman–Crippen LogP) is 2.76. The van der Waals surface area contributed by atoms with Gasteiger partial charge in [0.05, 0.1) is 0 Å². The van der Waals surface area contributed by atoms with Crippen LogP contribution < -0.4 is 5.73 Å². The molecule has 0 radical (unpaired) electrons. The molecule has 22 heavy (non-hydrogen) atoms. The topological polar surface area (TPSA) is 59.2 Å². The van der Waals surface area contributed by atoms with Crippen LogP contribution >= 0.6 is 11.3 Å². The van der Waals surface area contributed by atoms with E-state index in [0.29, 0.717) is 18.8 Å². The fraction of sp³-hybridized carbons (Fsp3) is 0.375. The molecular weight excluding hydrogens is 301 g/mol. The molecule has 1 aliphatic rings. The summed E-state index contributed by atoms with van der Waals surface area (Å²) in [7, 11) is 0. The van der Waals surface area contributed by atoms with Gasteiger partial charge in [-0.15, -0.1) is 11.3 Å². The lowest BCUT2D eigenvalue weighted by Gasteiger charge is -2.20. The van der Waals surface area contributed by atoms with Crippen molar-refractivity contribution in [3.05, 3.63) is 51.7 Å². The highest BCUT2D eigenvalue weighted by Crippen LogP contribution is 2.32. The van der Waals surface area contributed by atoms with E-state index >= 15 is 0 Å². The number of nitrogens with two attached hydrogens (primary N) is 1. The average molecular weight is 319 g/mol. The molecule has 1 aliphatic heterocycles. The van der Waals surface area contributed by atoms with E-state index in [4.69, 9.17) is 5.73 Å². The van der Waals surface area contributed by atoms with E-state index in [-0.39, 0.29) is 23.7 Å². The van der Waals surface area contributed by atoms with Crippen LogP contribution in [0.2, 0.25) is 0 Å². The molecule has 2 heterocycles. The van der Waals surface area contributed by atoms with Crippen LogP contribution in [0, 0.1) is 5.82 Å². The van der Waals surface area contributed by atoms with Crippen molar-refractivity contribution in [1.29, 1.82) is 0 Å². The Balaban J connectivity index is 1.75. The van der Waals surface area contributed by atoms with E-state index in [9.17, 15) is 9.18 Å². The maximum atomic E-state index is 13.0. The highest BCUT2D eigenvalue weighted by molar-refractivity contribution is 7.09. The average Bonchev–Trinajstić information content (AvgIpc) is 3.14. The van der Waals surface area contributed by atoms with Crippen molar-refractivity contribution in [2.24, 2.45) is 5.73 Å². The molecule has 1 amide bonds. The van der Waals surface area contributed by atoms with Gasteiger partial charge in [-0.1, -0.05) is 12.1 Å². The molecule has 0 saturated carbocycles. The van der Waals surface area contributed by atoms with Crippen LogP contribution in [-0.4, -0.2) is 28.4 Å². The minimum Gasteiger partial charge on any atom is -0.334 e. The number of nitrogens with zero attached hydrogens (tertiary/aromatic N) is 2. The lowest BCUT2D eigenvalue weighted by molar-refractivity contribution is 0.0740. The number of carbonyl (C=O) groups excluding carboxylic acids is 1. The van der Waals surface area contributed by atoms with Gasteiger partial charge in [-0.2, -0.15) is 0 Å². The first-order valence-electron chi connectivity index (χ1n) is 7.29. The number of carbonyl (C=O) groups is 1. The monoisotopic (exact) mass is 319 g/mol. The Kier molecular flexibility index (Phi) is 4.22. The van der Waals surface area contributed by atoms with Crippen molar-refractivity contribution in [3.63, 3.8) is 0 Å². The van der Waals surface area contributed by atoms with Gasteiger partial charge < -0.3 is 10.6 Å². The van der Waals surface area contributed by atoms with Gasteiger partial charge in [0.15, 0.2) is 0 Å². The lowest BCUT2D eigenvalue weighted by Crippen LogP contribution is -2.34. The second kappa shape index (κ2) is 6.14. The standard InChI is InChI=1S/C16H18FN3OS/c1-10-6-12(11-2-4-13(17)5-3-11)8-20(10)16(21)14-9-22-15(7-18)19-14/h2-5,9-10,12H,6-8,18H2,1H3/t10-,12+/m1/s1. The van der Waals surface area contributed by atoms with Crippen molar-refractivity contribution >= 4 is 17.2 Å². The van der Waals surface area contributed by atoms with Crippen molar-refractivity contribution < 1.29 is 9.18 Å². The Hall–Kier alpha value is -1.79. The van der Waals surface area contributed by atoms with E-state index in [1.807, 2.05) is 11.8 Å². The maximum absolute atomic E-state index is 13.0. The molecule has 2 atom stereocenters. The summed E-state index contributed by atoms with van der Waals surface area (Å²) in [6.07, 6.45) is 0.880. The molecule has 0 bridgehead atoms. The first-order valence-corrected chi connectivity index (χ1v) is 8.17. The van der Waals surface area contributed by atoms with Crippen LogP contribution in [0.3, 0.4) is 0 Å². The molecule has 3 rings (SSSR count). The largest absolute Gasteiger partial charge is 0.334 e. The quantitative estimate of drug-likeness (QED) is 0.946. The first-order chi connectivity index (χ1) is 10.6. The summed E-state index contributed by atoms with van der Waals surface area (Å²) in [5.74, 6) is -0.0419. The summed E-state index contributed by atoms with van der Waals surface area (Å²) in [5, 5.41) is 2.54. The zero-order valence-corrected chi connectivity index (χ0v) is 13.1. The maximum Gasteiger partial charge on any atom is 0.273 e. The fourth-order valence-corrected chi connectivity index (χ4v) is 3.59. The highest BCUT2D eigenvalue weighted by atomic mass is 32.1. The molecule has 4 nitrogen and oxygen atoms in total. The molecule has 6 heteroatoms. The third kappa shape index (κ3) is 2.89. The van der Waals surface area contributed by atoms with Gasteiger partial charge in [-0.05, 0) is 31.0 Å². The molecule has 0 unspecified atom stereocenters. The van der Waals surface area contributed by atoms with Gasteiger partial charge in [-0.3, -0.25) is 4.79 Å².